The fraction of sp³-hybridized carbons (Fsp3) is 0.0385. The van der Waals surface area contributed by atoms with Gasteiger partial charge in [-0.15, -0.1) is 0 Å². The molecule has 1 N–H and O–H groups in total. The van der Waals surface area contributed by atoms with Gasteiger partial charge in [0.15, 0.2) is 0 Å². The standard InChI is InChI=1S/C26H16BrNO2/c27-19-11-5-3-9-17(19)23-22-16-8-2-1-7-15(16)13-14-20(22)28-25-18-10-4-6-12-21(18)30-26(29)24(23)25/h1-14,23,28H. The van der Waals surface area contributed by atoms with Crippen molar-refractivity contribution in [3.63, 3.8) is 0 Å². The molecule has 1 atom stereocenters. The molecule has 0 spiro atoms. The molecule has 0 amide bonds. The van der Waals surface area contributed by atoms with Crippen LogP contribution in [0, 0.1) is 0 Å². The minimum absolute atomic E-state index is 0.251. The number of nitrogens with one attached hydrogen (secondary N) is 1. The Bertz CT molecular complexity index is 1520. The van der Waals surface area contributed by atoms with Crippen molar-refractivity contribution in [1.82, 2.24) is 0 Å². The maximum Gasteiger partial charge on any atom is 0.342 e. The largest absolute Gasteiger partial charge is 0.422 e. The van der Waals surface area contributed by atoms with Crippen LogP contribution in [-0.2, 0) is 0 Å². The average molecular weight is 454 g/mol. The summed E-state index contributed by atoms with van der Waals surface area (Å²) in [6, 6.07) is 28.3. The predicted octanol–water partition coefficient (Wildman–Crippen LogP) is 6.95. The Morgan fingerprint density at radius 3 is 2.37 bits per heavy atom. The van der Waals surface area contributed by atoms with Crippen molar-refractivity contribution in [3.8, 4) is 0 Å². The van der Waals surface area contributed by atoms with Crippen LogP contribution in [0.1, 0.15) is 22.6 Å². The molecular weight excluding hydrogens is 438 g/mol. The summed E-state index contributed by atoms with van der Waals surface area (Å²) in [5, 5.41) is 6.73. The first-order valence-electron chi connectivity index (χ1n) is 9.81. The second-order valence-corrected chi connectivity index (χ2v) is 8.36. The summed E-state index contributed by atoms with van der Waals surface area (Å²) in [4.78, 5) is 13.3. The van der Waals surface area contributed by atoms with Crippen LogP contribution in [0.2, 0.25) is 0 Å². The number of hydrogen-bond acceptors (Lipinski definition) is 3. The molecule has 144 valence electrons. The molecule has 4 aromatic carbocycles. The van der Waals surface area contributed by atoms with E-state index in [1.807, 2.05) is 54.6 Å². The highest BCUT2D eigenvalue weighted by Crippen LogP contribution is 2.49. The first kappa shape index (κ1) is 17.5. The maximum absolute atomic E-state index is 13.3. The third-order valence-electron chi connectivity index (χ3n) is 5.87. The Balaban J connectivity index is 1.79. The van der Waals surface area contributed by atoms with Gasteiger partial charge in [-0.1, -0.05) is 76.6 Å². The second-order valence-electron chi connectivity index (χ2n) is 7.50. The van der Waals surface area contributed by atoms with Gasteiger partial charge in [0.25, 0.3) is 0 Å². The molecule has 1 unspecified atom stereocenters. The van der Waals surface area contributed by atoms with Crippen molar-refractivity contribution >= 4 is 49.0 Å². The lowest BCUT2D eigenvalue weighted by molar-refractivity contribution is 0.549. The summed E-state index contributed by atoms with van der Waals surface area (Å²) in [7, 11) is 0. The van der Waals surface area contributed by atoms with Gasteiger partial charge in [-0.25, -0.2) is 4.79 Å². The molecule has 1 aromatic heterocycles. The van der Waals surface area contributed by atoms with Gasteiger partial charge < -0.3 is 9.73 Å². The van der Waals surface area contributed by atoms with Gasteiger partial charge >= 0.3 is 5.63 Å². The van der Waals surface area contributed by atoms with Gasteiger partial charge in [0.2, 0.25) is 0 Å². The molecule has 6 rings (SSSR count). The molecule has 30 heavy (non-hydrogen) atoms. The van der Waals surface area contributed by atoms with E-state index in [0.29, 0.717) is 11.1 Å². The summed E-state index contributed by atoms with van der Waals surface area (Å²) in [5.74, 6) is -0.251. The summed E-state index contributed by atoms with van der Waals surface area (Å²) in [6.07, 6.45) is 0. The third-order valence-corrected chi connectivity index (χ3v) is 6.59. The first-order valence-corrected chi connectivity index (χ1v) is 10.6. The van der Waals surface area contributed by atoms with Gasteiger partial charge in [0, 0.05) is 21.5 Å². The Morgan fingerprint density at radius 1 is 0.767 bits per heavy atom. The highest BCUT2D eigenvalue weighted by Gasteiger charge is 2.34. The first-order chi connectivity index (χ1) is 14.7. The van der Waals surface area contributed by atoms with Crippen LogP contribution < -0.4 is 10.9 Å². The quantitative estimate of drug-likeness (QED) is 0.274. The smallest absolute Gasteiger partial charge is 0.342 e. The minimum Gasteiger partial charge on any atom is -0.422 e. The molecular formula is C26H16BrNO2. The Labute approximate surface area is 181 Å². The zero-order valence-electron chi connectivity index (χ0n) is 15.9. The topological polar surface area (TPSA) is 42.2 Å². The summed E-state index contributed by atoms with van der Waals surface area (Å²) in [6.45, 7) is 0. The molecule has 0 saturated carbocycles. The van der Waals surface area contributed by atoms with E-state index in [2.05, 4.69) is 51.6 Å². The van der Waals surface area contributed by atoms with Crippen LogP contribution in [-0.4, -0.2) is 0 Å². The van der Waals surface area contributed by atoms with Crippen LogP contribution in [0.25, 0.3) is 21.7 Å². The Kier molecular flexibility index (Phi) is 3.83. The number of anilines is 2. The van der Waals surface area contributed by atoms with Crippen molar-refractivity contribution < 1.29 is 4.42 Å². The van der Waals surface area contributed by atoms with E-state index < -0.39 is 0 Å². The zero-order valence-corrected chi connectivity index (χ0v) is 17.4. The minimum atomic E-state index is -0.310. The highest BCUT2D eigenvalue weighted by atomic mass is 79.9. The van der Waals surface area contributed by atoms with Crippen molar-refractivity contribution in [2.24, 2.45) is 0 Å². The molecule has 0 fully saturated rings. The van der Waals surface area contributed by atoms with Crippen molar-refractivity contribution in [2.45, 2.75) is 5.92 Å². The van der Waals surface area contributed by atoms with Gasteiger partial charge in [-0.2, -0.15) is 0 Å². The lowest BCUT2D eigenvalue weighted by atomic mass is 9.79. The molecule has 0 saturated heterocycles. The van der Waals surface area contributed by atoms with Gasteiger partial charge in [-0.05, 0) is 46.2 Å². The van der Waals surface area contributed by atoms with Crippen LogP contribution in [0.15, 0.2) is 98.6 Å². The monoisotopic (exact) mass is 453 g/mol. The van der Waals surface area contributed by atoms with Crippen molar-refractivity contribution in [2.75, 3.05) is 5.32 Å². The number of fused-ring (bicyclic) bond motifs is 6. The molecule has 0 bridgehead atoms. The Hall–Kier alpha value is -3.37. The number of benzene rings is 4. The third kappa shape index (κ3) is 2.47. The summed E-state index contributed by atoms with van der Waals surface area (Å²) in [5.41, 5.74) is 4.89. The van der Waals surface area contributed by atoms with Crippen molar-refractivity contribution in [1.29, 1.82) is 0 Å². The summed E-state index contributed by atoms with van der Waals surface area (Å²) < 4.78 is 6.73. The van der Waals surface area contributed by atoms with Gasteiger partial charge in [0.05, 0.1) is 11.3 Å². The molecule has 0 radical (unpaired) electrons. The van der Waals surface area contributed by atoms with E-state index >= 15 is 0 Å². The number of para-hydroxylation sites is 1. The van der Waals surface area contributed by atoms with E-state index in [4.69, 9.17) is 4.42 Å². The fourth-order valence-corrected chi connectivity index (χ4v) is 5.09. The van der Waals surface area contributed by atoms with E-state index in [0.717, 1.165) is 43.1 Å². The molecule has 0 aliphatic carbocycles. The van der Waals surface area contributed by atoms with Crippen LogP contribution in [0.3, 0.4) is 0 Å². The second kappa shape index (κ2) is 6.57. The van der Waals surface area contributed by atoms with E-state index in [9.17, 15) is 4.79 Å². The summed E-state index contributed by atoms with van der Waals surface area (Å²) >= 11 is 3.72. The fourth-order valence-electron chi connectivity index (χ4n) is 4.58. The normalized spacial score (nSPS) is 14.9. The molecule has 3 nitrogen and oxygen atoms in total. The molecule has 5 aromatic rings. The van der Waals surface area contributed by atoms with Crippen LogP contribution >= 0.6 is 15.9 Å². The SMILES string of the molecule is O=c1oc2ccccc2c2c1C(c1ccccc1Br)c1c(ccc3ccccc13)N2. The van der Waals surface area contributed by atoms with Gasteiger partial charge in [-0.3, -0.25) is 0 Å². The average Bonchev–Trinajstić information content (AvgIpc) is 2.78. The van der Waals surface area contributed by atoms with E-state index in [-0.39, 0.29) is 11.5 Å². The number of hydrogen-bond donors (Lipinski definition) is 1. The lowest BCUT2D eigenvalue weighted by Gasteiger charge is -2.31. The van der Waals surface area contributed by atoms with Gasteiger partial charge in [0.1, 0.15) is 5.58 Å². The molecule has 4 heteroatoms. The molecule has 1 aliphatic rings. The lowest BCUT2D eigenvalue weighted by Crippen LogP contribution is -2.23. The Morgan fingerprint density at radius 2 is 1.50 bits per heavy atom. The maximum atomic E-state index is 13.3. The van der Waals surface area contributed by atoms with Crippen molar-refractivity contribution in [3.05, 3.63) is 117 Å². The van der Waals surface area contributed by atoms with Crippen LogP contribution in [0.5, 0.6) is 0 Å². The van der Waals surface area contributed by atoms with Crippen LogP contribution in [0.4, 0.5) is 11.4 Å². The number of rotatable bonds is 1. The molecule has 2 heterocycles. The predicted molar refractivity (Wildman–Crippen MR) is 125 cm³/mol. The van der Waals surface area contributed by atoms with E-state index in [1.54, 1.807) is 0 Å². The zero-order chi connectivity index (χ0) is 20.2. The number of halogens is 1. The van der Waals surface area contributed by atoms with E-state index in [1.165, 1.54) is 0 Å². The molecule has 1 aliphatic heterocycles. The highest BCUT2D eigenvalue weighted by molar-refractivity contribution is 9.10.